The maximum Gasteiger partial charge on any atom is 0.240 e. The summed E-state index contributed by atoms with van der Waals surface area (Å²) in [5, 5.41) is 9.12. The van der Waals surface area contributed by atoms with Crippen LogP contribution in [0, 0.1) is 6.92 Å². The molecule has 1 aromatic rings. The number of anilines is 1. The van der Waals surface area contributed by atoms with Crippen LogP contribution in [0.3, 0.4) is 0 Å². The third-order valence-corrected chi connectivity index (χ3v) is 4.57. The minimum atomic E-state index is -3.64. The number of sulfonamides is 1. The van der Waals surface area contributed by atoms with Crippen LogP contribution in [0.25, 0.3) is 0 Å². The van der Waals surface area contributed by atoms with Gasteiger partial charge in [0.25, 0.3) is 0 Å². The third-order valence-electron chi connectivity index (χ3n) is 2.48. The molecule has 0 amide bonds. The van der Waals surface area contributed by atoms with Crippen LogP contribution in [-0.2, 0) is 10.0 Å². The molecule has 0 aliphatic rings. The molecular weight excluding hydrogens is 276 g/mol. The molecule has 7 heteroatoms. The summed E-state index contributed by atoms with van der Waals surface area (Å²) in [5.41, 5.74) is 6.48. The van der Waals surface area contributed by atoms with Gasteiger partial charge in [-0.25, -0.2) is 13.1 Å². The highest BCUT2D eigenvalue weighted by Gasteiger charge is 2.19. The molecule has 1 rings (SSSR count). The first-order valence-corrected chi connectivity index (χ1v) is 7.33. The molecule has 0 radical (unpaired) electrons. The molecule has 1 aromatic carbocycles. The highest BCUT2D eigenvalue weighted by Crippen LogP contribution is 2.26. The fourth-order valence-electron chi connectivity index (χ4n) is 1.50. The van der Waals surface area contributed by atoms with Crippen molar-refractivity contribution in [1.82, 2.24) is 4.72 Å². The van der Waals surface area contributed by atoms with E-state index in [1.165, 1.54) is 12.1 Å². The van der Waals surface area contributed by atoms with Gasteiger partial charge in [-0.3, -0.25) is 0 Å². The van der Waals surface area contributed by atoms with Crippen LogP contribution >= 0.6 is 11.6 Å². The summed E-state index contributed by atoms with van der Waals surface area (Å²) in [6.07, 6.45) is 0.348. The van der Waals surface area contributed by atoms with Crippen LogP contribution in [0.5, 0.6) is 0 Å². The summed E-state index contributed by atoms with van der Waals surface area (Å²) in [7, 11) is -3.64. The van der Waals surface area contributed by atoms with Crippen LogP contribution in [-0.4, -0.2) is 26.2 Å². The largest absolute Gasteiger partial charge is 0.397 e. The Labute approximate surface area is 112 Å². The molecule has 5 nitrogen and oxygen atoms in total. The summed E-state index contributed by atoms with van der Waals surface area (Å²) in [6, 6.07) is 2.44. The molecule has 0 saturated carbocycles. The van der Waals surface area contributed by atoms with E-state index in [1.54, 1.807) is 13.8 Å². The number of halogens is 1. The van der Waals surface area contributed by atoms with Crippen LogP contribution in [0.1, 0.15) is 18.9 Å². The van der Waals surface area contributed by atoms with Crippen molar-refractivity contribution >= 4 is 27.3 Å². The average Bonchev–Trinajstić information content (AvgIpc) is 2.24. The fraction of sp³-hybridized carbons (Fsp3) is 0.455. The number of nitrogens with one attached hydrogen (secondary N) is 1. The molecule has 1 unspecified atom stereocenters. The Bertz CT molecular complexity index is 508. The number of nitrogen functional groups attached to an aromatic ring is 1. The van der Waals surface area contributed by atoms with Gasteiger partial charge in [-0.05, 0) is 38.0 Å². The average molecular weight is 293 g/mol. The summed E-state index contributed by atoms with van der Waals surface area (Å²) in [4.78, 5) is 0.0756. The number of rotatable bonds is 5. The second kappa shape index (κ2) is 5.88. The van der Waals surface area contributed by atoms with Gasteiger partial charge in [-0.15, -0.1) is 0 Å². The topological polar surface area (TPSA) is 92.4 Å². The summed E-state index contributed by atoms with van der Waals surface area (Å²) in [6.45, 7) is 3.29. The fourth-order valence-corrected chi connectivity index (χ4v) is 3.01. The van der Waals surface area contributed by atoms with Gasteiger partial charge in [0.2, 0.25) is 10.0 Å². The zero-order valence-electron chi connectivity index (χ0n) is 10.3. The number of aryl methyl sites for hydroxylation is 1. The first-order valence-electron chi connectivity index (χ1n) is 5.46. The standard InChI is InChI=1S/C11H17ClN2O3S/c1-7-5-9(6-10(13)11(7)12)18(16,17)14-8(2)3-4-15/h5-6,8,14-15H,3-4,13H2,1-2H3. The summed E-state index contributed by atoms with van der Waals surface area (Å²) in [5.74, 6) is 0. The molecule has 1 atom stereocenters. The summed E-state index contributed by atoms with van der Waals surface area (Å²) < 4.78 is 26.5. The molecule has 0 fully saturated rings. The number of aliphatic hydroxyl groups is 1. The lowest BCUT2D eigenvalue weighted by atomic mass is 10.2. The number of benzene rings is 1. The molecule has 102 valence electrons. The van der Waals surface area contributed by atoms with Crippen LogP contribution in [0.15, 0.2) is 17.0 Å². The minimum absolute atomic E-state index is 0.0756. The molecule has 0 aliphatic carbocycles. The van der Waals surface area contributed by atoms with Crippen LogP contribution in [0.4, 0.5) is 5.69 Å². The molecule has 0 aromatic heterocycles. The quantitative estimate of drug-likeness (QED) is 0.713. The van der Waals surface area contributed by atoms with Crippen molar-refractivity contribution in [2.45, 2.75) is 31.2 Å². The van der Waals surface area contributed by atoms with E-state index in [2.05, 4.69) is 4.72 Å². The third kappa shape index (κ3) is 3.58. The monoisotopic (exact) mass is 292 g/mol. The minimum Gasteiger partial charge on any atom is -0.397 e. The van der Waals surface area contributed by atoms with Crippen LogP contribution in [0.2, 0.25) is 5.02 Å². The van der Waals surface area contributed by atoms with E-state index >= 15 is 0 Å². The van der Waals surface area contributed by atoms with Gasteiger partial charge in [-0.1, -0.05) is 11.6 Å². The first-order chi connectivity index (χ1) is 8.27. The van der Waals surface area contributed by atoms with Crippen molar-refractivity contribution in [3.05, 3.63) is 22.7 Å². The lowest BCUT2D eigenvalue weighted by molar-refractivity contribution is 0.275. The van der Waals surface area contributed by atoms with Crippen molar-refractivity contribution in [3.8, 4) is 0 Å². The molecule has 0 bridgehead atoms. The number of aliphatic hydroxyl groups excluding tert-OH is 1. The van der Waals surface area contributed by atoms with Gasteiger partial charge in [0.15, 0.2) is 0 Å². The van der Waals surface area contributed by atoms with E-state index in [0.717, 1.165) is 0 Å². The van der Waals surface area contributed by atoms with Gasteiger partial charge < -0.3 is 10.8 Å². The van der Waals surface area contributed by atoms with Gasteiger partial charge in [0, 0.05) is 12.6 Å². The number of nitrogens with two attached hydrogens (primary N) is 1. The predicted octanol–water partition coefficient (Wildman–Crippen LogP) is 1.28. The molecule has 18 heavy (non-hydrogen) atoms. The normalized spacial score (nSPS) is 13.6. The van der Waals surface area contributed by atoms with E-state index in [1.807, 2.05) is 0 Å². The van der Waals surface area contributed by atoms with Gasteiger partial charge >= 0.3 is 0 Å². The summed E-state index contributed by atoms with van der Waals surface area (Å²) >= 11 is 5.88. The lowest BCUT2D eigenvalue weighted by Crippen LogP contribution is -2.33. The molecule has 0 spiro atoms. The van der Waals surface area contributed by atoms with Crippen LogP contribution < -0.4 is 10.5 Å². The maximum absolute atomic E-state index is 12.0. The van der Waals surface area contributed by atoms with E-state index < -0.39 is 10.0 Å². The molecule has 0 heterocycles. The zero-order chi connectivity index (χ0) is 13.9. The highest BCUT2D eigenvalue weighted by atomic mass is 35.5. The van der Waals surface area contributed by atoms with Crippen molar-refractivity contribution < 1.29 is 13.5 Å². The predicted molar refractivity (Wildman–Crippen MR) is 72.1 cm³/mol. The lowest BCUT2D eigenvalue weighted by Gasteiger charge is -2.14. The number of hydrogen-bond donors (Lipinski definition) is 3. The Morgan fingerprint density at radius 1 is 1.50 bits per heavy atom. The van der Waals surface area contributed by atoms with E-state index in [4.69, 9.17) is 22.4 Å². The van der Waals surface area contributed by atoms with Crippen molar-refractivity contribution in [2.75, 3.05) is 12.3 Å². The van der Waals surface area contributed by atoms with Crippen molar-refractivity contribution in [1.29, 1.82) is 0 Å². The SMILES string of the molecule is Cc1cc(S(=O)(=O)NC(C)CCO)cc(N)c1Cl. The maximum atomic E-state index is 12.0. The Morgan fingerprint density at radius 2 is 2.11 bits per heavy atom. The smallest absolute Gasteiger partial charge is 0.240 e. The Balaban J connectivity index is 3.06. The van der Waals surface area contributed by atoms with E-state index in [0.29, 0.717) is 17.0 Å². The van der Waals surface area contributed by atoms with Gasteiger partial charge in [0.1, 0.15) is 0 Å². The number of hydrogen-bond acceptors (Lipinski definition) is 4. The van der Waals surface area contributed by atoms with E-state index in [9.17, 15) is 8.42 Å². The van der Waals surface area contributed by atoms with Crippen molar-refractivity contribution in [2.24, 2.45) is 0 Å². The molecule has 0 saturated heterocycles. The highest BCUT2D eigenvalue weighted by molar-refractivity contribution is 7.89. The van der Waals surface area contributed by atoms with Gasteiger partial charge in [0.05, 0.1) is 15.6 Å². The Hall–Kier alpha value is -0.820. The second-order valence-corrected chi connectivity index (χ2v) is 6.27. The molecular formula is C11H17ClN2O3S. The van der Waals surface area contributed by atoms with Gasteiger partial charge in [-0.2, -0.15) is 0 Å². The van der Waals surface area contributed by atoms with Crippen molar-refractivity contribution in [3.63, 3.8) is 0 Å². The Kier molecular flexibility index (Phi) is 4.98. The zero-order valence-corrected chi connectivity index (χ0v) is 11.8. The van der Waals surface area contributed by atoms with E-state index in [-0.39, 0.29) is 23.2 Å². The Morgan fingerprint density at radius 3 is 2.61 bits per heavy atom. The second-order valence-electron chi connectivity index (χ2n) is 4.18. The molecule has 4 N–H and O–H groups in total. The molecule has 0 aliphatic heterocycles. The first kappa shape index (κ1) is 15.2.